The van der Waals surface area contributed by atoms with Crippen molar-refractivity contribution < 1.29 is 28.5 Å². The minimum atomic E-state index is -0.770. The maximum absolute atomic E-state index is 12.0. The highest BCUT2D eigenvalue weighted by Crippen LogP contribution is 2.13. The first-order chi connectivity index (χ1) is 10.7. The lowest BCUT2D eigenvalue weighted by molar-refractivity contribution is -0.170. The Morgan fingerprint density at radius 1 is 1.17 bits per heavy atom. The number of carbonyl (C=O) groups excluding carboxylic acids is 2. The van der Waals surface area contributed by atoms with Crippen LogP contribution in [0, 0.1) is 0 Å². The molecule has 0 bridgehead atoms. The summed E-state index contributed by atoms with van der Waals surface area (Å²) in [5, 5.41) is 2.58. The first-order valence-corrected chi connectivity index (χ1v) is 7.72. The van der Waals surface area contributed by atoms with E-state index in [0.29, 0.717) is 13.2 Å². The second kappa shape index (κ2) is 11.0. The molecule has 0 aliphatic carbocycles. The molecule has 0 saturated carbocycles. The van der Waals surface area contributed by atoms with E-state index in [2.05, 4.69) is 11.9 Å². The zero-order chi connectivity index (χ0) is 17.9. The Morgan fingerprint density at radius 2 is 1.74 bits per heavy atom. The summed E-state index contributed by atoms with van der Waals surface area (Å²) in [6, 6.07) is -0.720. The molecule has 134 valence electrons. The highest BCUT2D eigenvalue weighted by molar-refractivity contribution is 5.73. The summed E-state index contributed by atoms with van der Waals surface area (Å²) < 4.78 is 21.1. The Bertz CT molecular complexity index is 371. The summed E-state index contributed by atoms with van der Waals surface area (Å²) in [5.41, 5.74) is -0.613. The van der Waals surface area contributed by atoms with Crippen molar-refractivity contribution in [2.75, 3.05) is 19.8 Å². The zero-order valence-corrected chi connectivity index (χ0v) is 14.7. The number of carbonyl (C=O) groups is 2. The van der Waals surface area contributed by atoms with Gasteiger partial charge in [0.25, 0.3) is 0 Å². The van der Waals surface area contributed by atoms with Gasteiger partial charge < -0.3 is 24.3 Å². The highest BCUT2D eigenvalue weighted by atomic mass is 16.7. The first-order valence-electron chi connectivity index (χ1n) is 7.72. The first kappa shape index (κ1) is 21.4. The molecule has 0 heterocycles. The van der Waals surface area contributed by atoms with E-state index in [0.717, 1.165) is 0 Å². The predicted octanol–water partition coefficient (Wildman–Crippen LogP) is 2.40. The third-order valence-electron chi connectivity index (χ3n) is 2.43. The van der Waals surface area contributed by atoms with Gasteiger partial charge in [-0.25, -0.2) is 4.79 Å². The van der Waals surface area contributed by atoms with Gasteiger partial charge in [0, 0.05) is 13.2 Å². The molecule has 0 aromatic heterocycles. The topological polar surface area (TPSA) is 83.1 Å². The van der Waals surface area contributed by atoms with Crippen LogP contribution in [0.5, 0.6) is 0 Å². The van der Waals surface area contributed by atoms with Gasteiger partial charge in [0.15, 0.2) is 6.29 Å². The number of hydrogen-bond acceptors (Lipinski definition) is 6. The average Bonchev–Trinajstić information content (AvgIpc) is 2.42. The molecule has 0 rings (SSSR count). The smallest absolute Gasteiger partial charge is 0.407 e. The van der Waals surface area contributed by atoms with Crippen LogP contribution in [0.15, 0.2) is 12.7 Å². The van der Waals surface area contributed by atoms with Crippen molar-refractivity contribution >= 4 is 12.1 Å². The minimum absolute atomic E-state index is 0.0684. The SMILES string of the molecule is C=CCOC(=O)N[C@@H](CC(=O)OC(C)(C)C)C(OCC)OCC. The van der Waals surface area contributed by atoms with E-state index < -0.39 is 30.0 Å². The van der Waals surface area contributed by atoms with E-state index in [4.69, 9.17) is 18.9 Å². The van der Waals surface area contributed by atoms with Gasteiger partial charge in [0.05, 0.1) is 12.5 Å². The molecule has 0 aliphatic rings. The lowest BCUT2D eigenvalue weighted by atomic mass is 10.1. The van der Waals surface area contributed by atoms with Crippen LogP contribution in [-0.2, 0) is 23.7 Å². The molecule has 1 atom stereocenters. The number of ether oxygens (including phenoxy) is 4. The summed E-state index contributed by atoms with van der Waals surface area (Å²) in [5.74, 6) is -0.462. The van der Waals surface area contributed by atoms with E-state index in [1.807, 2.05) is 0 Å². The molecule has 1 N–H and O–H groups in total. The van der Waals surface area contributed by atoms with Crippen LogP contribution in [0.4, 0.5) is 4.79 Å². The summed E-state index contributed by atoms with van der Waals surface area (Å²) in [4.78, 5) is 23.8. The maximum Gasteiger partial charge on any atom is 0.407 e. The molecule has 0 aliphatic heterocycles. The van der Waals surface area contributed by atoms with E-state index in [-0.39, 0.29) is 13.0 Å². The van der Waals surface area contributed by atoms with Crippen LogP contribution in [0.25, 0.3) is 0 Å². The maximum atomic E-state index is 12.0. The van der Waals surface area contributed by atoms with Crippen molar-refractivity contribution in [1.82, 2.24) is 5.32 Å². The van der Waals surface area contributed by atoms with Gasteiger partial charge in [0.2, 0.25) is 0 Å². The van der Waals surface area contributed by atoms with Gasteiger partial charge in [-0.3, -0.25) is 4.79 Å². The van der Waals surface area contributed by atoms with Gasteiger partial charge in [-0.15, -0.1) is 0 Å². The van der Waals surface area contributed by atoms with Crippen LogP contribution in [0.3, 0.4) is 0 Å². The molecule has 23 heavy (non-hydrogen) atoms. The molecular weight excluding hydrogens is 302 g/mol. The molecule has 0 radical (unpaired) electrons. The Hall–Kier alpha value is -1.60. The van der Waals surface area contributed by atoms with E-state index in [1.54, 1.807) is 34.6 Å². The van der Waals surface area contributed by atoms with Gasteiger partial charge in [0.1, 0.15) is 12.2 Å². The van der Waals surface area contributed by atoms with Crippen LogP contribution in [0.1, 0.15) is 41.0 Å². The molecule has 0 aromatic carbocycles. The molecule has 0 aromatic rings. The summed E-state index contributed by atoms with van der Waals surface area (Å²) >= 11 is 0. The van der Waals surface area contributed by atoms with Crippen molar-refractivity contribution in [1.29, 1.82) is 0 Å². The van der Waals surface area contributed by atoms with Crippen molar-refractivity contribution in [3.63, 3.8) is 0 Å². The largest absolute Gasteiger partial charge is 0.460 e. The number of hydrogen-bond donors (Lipinski definition) is 1. The van der Waals surface area contributed by atoms with E-state index in [9.17, 15) is 9.59 Å². The molecule has 0 fully saturated rings. The fraction of sp³-hybridized carbons (Fsp3) is 0.750. The van der Waals surface area contributed by atoms with Crippen LogP contribution in [-0.4, -0.2) is 49.8 Å². The number of rotatable bonds is 10. The van der Waals surface area contributed by atoms with Crippen molar-refractivity contribution in [2.24, 2.45) is 0 Å². The standard InChI is InChI=1S/C16H29NO6/c1-7-10-22-15(19)17-12(14(20-8-2)21-9-3)11-13(18)23-16(4,5)6/h7,12,14H,1,8-11H2,2-6H3,(H,17,19)/t12-/m0/s1. The Kier molecular flexibility index (Phi) is 10.2. The second-order valence-electron chi connectivity index (χ2n) is 5.71. The molecule has 7 nitrogen and oxygen atoms in total. The fourth-order valence-electron chi connectivity index (χ4n) is 1.71. The molecule has 0 saturated heterocycles. The highest BCUT2D eigenvalue weighted by Gasteiger charge is 2.29. The quantitative estimate of drug-likeness (QED) is 0.376. The minimum Gasteiger partial charge on any atom is -0.460 e. The van der Waals surface area contributed by atoms with Crippen molar-refractivity contribution in [2.45, 2.75) is 59.0 Å². The van der Waals surface area contributed by atoms with Crippen molar-refractivity contribution in [3.05, 3.63) is 12.7 Å². The molecule has 1 amide bonds. The van der Waals surface area contributed by atoms with E-state index in [1.165, 1.54) is 6.08 Å². The average molecular weight is 331 g/mol. The molecule has 7 heteroatoms. The number of amides is 1. The Labute approximate surface area is 138 Å². The summed E-state index contributed by atoms with van der Waals surface area (Å²) in [6.07, 6.45) is -0.0902. The van der Waals surface area contributed by atoms with Crippen LogP contribution >= 0.6 is 0 Å². The number of esters is 1. The fourth-order valence-corrected chi connectivity index (χ4v) is 1.71. The Morgan fingerprint density at radius 3 is 2.17 bits per heavy atom. The van der Waals surface area contributed by atoms with Crippen LogP contribution in [0.2, 0.25) is 0 Å². The van der Waals surface area contributed by atoms with Crippen LogP contribution < -0.4 is 5.32 Å². The monoisotopic (exact) mass is 331 g/mol. The van der Waals surface area contributed by atoms with Gasteiger partial charge in [-0.05, 0) is 34.6 Å². The summed E-state index contributed by atoms with van der Waals surface area (Å²) in [7, 11) is 0. The second-order valence-corrected chi connectivity index (χ2v) is 5.71. The van der Waals surface area contributed by atoms with Gasteiger partial charge >= 0.3 is 12.1 Å². The molecule has 0 unspecified atom stereocenters. The third kappa shape index (κ3) is 10.7. The van der Waals surface area contributed by atoms with Gasteiger partial charge in [-0.1, -0.05) is 12.7 Å². The van der Waals surface area contributed by atoms with Gasteiger partial charge in [-0.2, -0.15) is 0 Å². The molecule has 0 spiro atoms. The number of alkyl carbamates (subject to hydrolysis) is 1. The normalized spacial score (nSPS) is 12.6. The van der Waals surface area contributed by atoms with E-state index >= 15 is 0 Å². The molecular formula is C16H29NO6. The third-order valence-corrected chi connectivity index (χ3v) is 2.43. The lowest BCUT2D eigenvalue weighted by Gasteiger charge is -2.28. The number of nitrogens with one attached hydrogen (secondary N) is 1. The predicted molar refractivity (Wildman–Crippen MR) is 86.0 cm³/mol. The lowest BCUT2D eigenvalue weighted by Crippen LogP contribution is -2.48. The summed E-state index contributed by atoms with van der Waals surface area (Å²) in [6.45, 7) is 13.2. The van der Waals surface area contributed by atoms with Crippen molar-refractivity contribution in [3.8, 4) is 0 Å². The zero-order valence-electron chi connectivity index (χ0n) is 14.7. The Balaban J connectivity index is 4.91.